The average Bonchev–Trinajstić information content (AvgIpc) is 2.83. The molecule has 0 bridgehead atoms. The van der Waals surface area contributed by atoms with Crippen molar-refractivity contribution in [3.63, 3.8) is 0 Å². The molecule has 0 aliphatic heterocycles. The van der Waals surface area contributed by atoms with Crippen molar-refractivity contribution in [2.24, 2.45) is 10.5 Å². The second-order valence-electron chi connectivity index (χ2n) is 10.6. The van der Waals surface area contributed by atoms with Crippen LogP contribution in [0.5, 0.6) is 11.5 Å². The molecule has 0 spiro atoms. The van der Waals surface area contributed by atoms with Gasteiger partial charge < -0.3 is 9.47 Å². The summed E-state index contributed by atoms with van der Waals surface area (Å²) in [5, 5.41) is 3.96. The summed E-state index contributed by atoms with van der Waals surface area (Å²) in [6.45, 7) is 11.1. The van der Waals surface area contributed by atoms with E-state index in [0.717, 1.165) is 12.0 Å². The van der Waals surface area contributed by atoms with E-state index in [1.807, 2.05) is 18.2 Å². The molecule has 6 nitrogen and oxygen atoms in total. The topological polar surface area (TPSA) is 77.0 Å². The second kappa shape index (κ2) is 11.7. The number of nitrogens with one attached hydrogen (secondary N) is 1. The van der Waals surface area contributed by atoms with Crippen molar-refractivity contribution in [2.75, 3.05) is 6.61 Å². The van der Waals surface area contributed by atoms with Crippen LogP contribution >= 0.6 is 0 Å². The molecule has 1 amide bonds. The normalized spacial score (nSPS) is 11.8. The maximum absolute atomic E-state index is 12.1. The molecular weight excluding hydrogens is 452 g/mol. The molecule has 3 aromatic rings. The number of hydrogen-bond acceptors (Lipinski definition) is 5. The summed E-state index contributed by atoms with van der Waals surface area (Å²) in [5.74, 6) is 0.265. The molecule has 1 N–H and O–H groups in total. The third-order valence-corrected chi connectivity index (χ3v) is 5.48. The SMILES string of the molecule is CC(C)(C)CC(C)(C)c1ccc(OCC(=O)N/N=C\c2ccc(OC(=O)c3ccccc3)cc2)cc1. The van der Waals surface area contributed by atoms with Gasteiger partial charge in [-0.25, -0.2) is 10.2 Å². The summed E-state index contributed by atoms with van der Waals surface area (Å²) < 4.78 is 10.9. The van der Waals surface area contributed by atoms with Crippen LogP contribution in [0.4, 0.5) is 0 Å². The fourth-order valence-corrected chi connectivity index (χ4v) is 4.15. The maximum atomic E-state index is 12.1. The smallest absolute Gasteiger partial charge is 0.343 e. The van der Waals surface area contributed by atoms with Gasteiger partial charge in [0.15, 0.2) is 6.61 Å². The Kier molecular flexibility index (Phi) is 8.64. The standard InChI is InChI=1S/C30H34N2O4/c1-29(2,3)21-30(4,5)24-13-17-25(18-14-24)35-20-27(33)32-31-19-22-11-15-26(16-12-22)36-28(34)23-9-7-6-8-10-23/h6-19H,20-21H2,1-5H3,(H,32,33)/b31-19-. The van der Waals surface area contributed by atoms with E-state index >= 15 is 0 Å². The number of amides is 1. The number of hydrogen-bond donors (Lipinski definition) is 1. The van der Waals surface area contributed by atoms with Gasteiger partial charge >= 0.3 is 5.97 Å². The Hall–Kier alpha value is -3.93. The molecule has 188 valence electrons. The van der Waals surface area contributed by atoms with Crippen molar-refractivity contribution in [2.45, 2.75) is 46.5 Å². The predicted molar refractivity (Wildman–Crippen MR) is 143 cm³/mol. The number of benzene rings is 3. The first kappa shape index (κ1) is 26.7. The highest BCUT2D eigenvalue weighted by Gasteiger charge is 2.27. The third-order valence-electron chi connectivity index (χ3n) is 5.48. The van der Waals surface area contributed by atoms with E-state index in [4.69, 9.17) is 9.47 Å². The molecule has 0 saturated heterocycles. The van der Waals surface area contributed by atoms with Crippen LogP contribution in [0.2, 0.25) is 0 Å². The summed E-state index contributed by atoms with van der Waals surface area (Å²) in [5.41, 5.74) is 5.18. The van der Waals surface area contributed by atoms with Crippen molar-refractivity contribution in [3.05, 3.63) is 95.6 Å². The minimum atomic E-state index is -0.424. The molecular formula is C30H34N2O4. The minimum absolute atomic E-state index is 0.0463. The van der Waals surface area contributed by atoms with Gasteiger partial charge in [0.2, 0.25) is 0 Å². The molecule has 0 fully saturated rings. The fraction of sp³-hybridized carbons (Fsp3) is 0.300. The molecule has 36 heavy (non-hydrogen) atoms. The Morgan fingerprint density at radius 1 is 0.833 bits per heavy atom. The van der Waals surface area contributed by atoms with E-state index in [-0.39, 0.29) is 23.3 Å². The lowest BCUT2D eigenvalue weighted by Gasteiger charge is -2.33. The molecule has 0 aliphatic carbocycles. The van der Waals surface area contributed by atoms with Crippen molar-refractivity contribution in [3.8, 4) is 11.5 Å². The van der Waals surface area contributed by atoms with E-state index in [0.29, 0.717) is 17.1 Å². The van der Waals surface area contributed by atoms with E-state index in [1.54, 1.807) is 48.5 Å². The van der Waals surface area contributed by atoms with Gasteiger partial charge in [-0.1, -0.05) is 65.0 Å². The second-order valence-corrected chi connectivity index (χ2v) is 10.6. The Morgan fingerprint density at radius 2 is 1.44 bits per heavy atom. The van der Waals surface area contributed by atoms with Crippen LogP contribution in [0.25, 0.3) is 0 Å². The highest BCUT2D eigenvalue weighted by Crippen LogP contribution is 2.36. The maximum Gasteiger partial charge on any atom is 0.343 e. The van der Waals surface area contributed by atoms with Crippen molar-refractivity contribution in [1.82, 2.24) is 5.43 Å². The van der Waals surface area contributed by atoms with E-state index in [1.165, 1.54) is 11.8 Å². The van der Waals surface area contributed by atoms with Gasteiger partial charge in [0, 0.05) is 0 Å². The Balaban J connectivity index is 1.44. The van der Waals surface area contributed by atoms with E-state index < -0.39 is 5.97 Å². The summed E-state index contributed by atoms with van der Waals surface area (Å²) in [7, 11) is 0. The molecule has 0 radical (unpaired) electrons. The van der Waals surface area contributed by atoms with Crippen LogP contribution in [0.1, 0.15) is 62.5 Å². The monoisotopic (exact) mass is 486 g/mol. The van der Waals surface area contributed by atoms with Gasteiger partial charge in [-0.05, 0) is 76.9 Å². The molecule has 0 unspecified atom stereocenters. The van der Waals surface area contributed by atoms with Crippen LogP contribution in [0, 0.1) is 5.41 Å². The lowest BCUT2D eigenvalue weighted by Crippen LogP contribution is -2.25. The lowest BCUT2D eigenvalue weighted by molar-refractivity contribution is -0.123. The van der Waals surface area contributed by atoms with E-state index in [2.05, 4.69) is 57.3 Å². The van der Waals surface area contributed by atoms with Crippen molar-refractivity contribution in [1.29, 1.82) is 0 Å². The Labute approximate surface area is 213 Å². The van der Waals surface area contributed by atoms with Crippen LogP contribution < -0.4 is 14.9 Å². The number of hydrazone groups is 1. The van der Waals surface area contributed by atoms with Crippen LogP contribution in [-0.4, -0.2) is 24.7 Å². The first-order chi connectivity index (χ1) is 17.0. The molecule has 3 aromatic carbocycles. The highest BCUT2D eigenvalue weighted by atomic mass is 16.5. The zero-order valence-electron chi connectivity index (χ0n) is 21.6. The Morgan fingerprint density at radius 3 is 2.06 bits per heavy atom. The largest absolute Gasteiger partial charge is 0.484 e. The molecule has 0 atom stereocenters. The molecule has 0 heterocycles. The summed E-state index contributed by atoms with van der Waals surface area (Å²) in [6.07, 6.45) is 2.56. The van der Waals surface area contributed by atoms with Gasteiger partial charge in [-0.3, -0.25) is 4.79 Å². The van der Waals surface area contributed by atoms with E-state index in [9.17, 15) is 9.59 Å². The number of nitrogens with zero attached hydrogens (tertiary/aromatic N) is 1. The quantitative estimate of drug-likeness (QED) is 0.170. The van der Waals surface area contributed by atoms with Gasteiger partial charge in [0.25, 0.3) is 5.91 Å². The van der Waals surface area contributed by atoms with Gasteiger partial charge in [0.1, 0.15) is 11.5 Å². The van der Waals surface area contributed by atoms with Gasteiger partial charge in [0.05, 0.1) is 11.8 Å². The zero-order chi connectivity index (χ0) is 26.2. The number of ether oxygens (including phenoxy) is 2. The first-order valence-electron chi connectivity index (χ1n) is 11.9. The Bertz CT molecular complexity index is 1180. The molecule has 3 rings (SSSR count). The first-order valence-corrected chi connectivity index (χ1v) is 11.9. The summed E-state index contributed by atoms with van der Waals surface area (Å²) in [4.78, 5) is 24.2. The zero-order valence-corrected chi connectivity index (χ0v) is 21.6. The third kappa shape index (κ3) is 8.38. The van der Waals surface area contributed by atoms with Gasteiger partial charge in [-0.2, -0.15) is 5.10 Å². The highest BCUT2D eigenvalue weighted by molar-refractivity contribution is 5.91. The van der Waals surface area contributed by atoms with Crippen LogP contribution in [0.3, 0.4) is 0 Å². The minimum Gasteiger partial charge on any atom is -0.484 e. The summed E-state index contributed by atoms with van der Waals surface area (Å²) >= 11 is 0. The van der Waals surface area contributed by atoms with Crippen molar-refractivity contribution < 1.29 is 19.1 Å². The number of carbonyl (C=O) groups excluding carboxylic acids is 2. The van der Waals surface area contributed by atoms with Crippen LogP contribution in [-0.2, 0) is 10.2 Å². The average molecular weight is 487 g/mol. The predicted octanol–water partition coefficient (Wildman–Crippen LogP) is 6.15. The molecule has 0 aromatic heterocycles. The fourth-order valence-electron chi connectivity index (χ4n) is 4.15. The van der Waals surface area contributed by atoms with Crippen LogP contribution in [0.15, 0.2) is 84.0 Å². The molecule has 0 saturated carbocycles. The lowest BCUT2D eigenvalue weighted by atomic mass is 9.72. The van der Waals surface area contributed by atoms with Crippen molar-refractivity contribution >= 4 is 18.1 Å². The van der Waals surface area contributed by atoms with Gasteiger partial charge in [-0.15, -0.1) is 0 Å². The number of carbonyl (C=O) groups is 2. The number of rotatable bonds is 9. The molecule has 0 aliphatic rings. The summed E-state index contributed by atoms with van der Waals surface area (Å²) in [6, 6.07) is 23.5. The number of esters is 1. The molecule has 6 heteroatoms.